The number of hydrogen-bond donors (Lipinski definition) is 1. The molecule has 2 heterocycles. The number of methoxy groups -OCH3 is 1. The first-order valence-electron chi connectivity index (χ1n) is 10.5. The van der Waals surface area contributed by atoms with Crippen LogP contribution in [0.4, 0.5) is 8.78 Å². The highest BCUT2D eigenvalue weighted by molar-refractivity contribution is 9.10. The number of alkyl halides is 2. The molecule has 5 nitrogen and oxygen atoms in total. The maximum atomic E-state index is 13.2. The number of aliphatic hydroxyl groups is 1. The van der Waals surface area contributed by atoms with E-state index in [1.807, 2.05) is 26.8 Å². The lowest BCUT2D eigenvalue weighted by molar-refractivity contribution is -0.149. The first-order valence-corrected chi connectivity index (χ1v) is 11.3. The smallest absolute Gasteiger partial charge is 0.255 e. The van der Waals surface area contributed by atoms with Gasteiger partial charge in [0.2, 0.25) is 0 Å². The molecule has 168 valence electrons. The van der Waals surface area contributed by atoms with E-state index in [1.54, 1.807) is 7.11 Å². The van der Waals surface area contributed by atoms with Crippen LogP contribution in [0.25, 0.3) is 0 Å². The number of hydrogen-bond acceptors (Lipinski definition) is 5. The summed E-state index contributed by atoms with van der Waals surface area (Å²) in [5.41, 5.74) is 1.86. The van der Waals surface area contributed by atoms with Crippen molar-refractivity contribution in [3.05, 3.63) is 21.7 Å². The quantitative estimate of drug-likeness (QED) is 0.666. The maximum Gasteiger partial charge on any atom is 0.255 e. The van der Waals surface area contributed by atoms with E-state index in [0.717, 1.165) is 28.6 Å². The number of benzene rings is 1. The van der Waals surface area contributed by atoms with Gasteiger partial charge in [0, 0.05) is 25.6 Å². The maximum absolute atomic E-state index is 13.2. The number of rotatable bonds is 5. The van der Waals surface area contributed by atoms with Gasteiger partial charge in [0.25, 0.3) is 5.92 Å². The third-order valence-corrected chi connectivity index (χ3v) is 7.03. The minimum Gasteiger partial charge on any atom is -0.493 e. The van der Waals surface area contributed by atoms with E-state index in [9.17, 15) is 13.9 Å². The standard InChI is InChI=1S/C22H30BrF2NO4/c1-21(2,3)30-18-10-26-6-5-13-14(15(26)8-16(18)27)7-17(28-4)20(19(13)23)29-11-12-9-22(12,24)25/h7,12,15-16,18,27H,5-6,8-11H2,1-4H3/t12?,15-,16-,18-/m1/s1. The van der Waals surface area contributed by atoms with Crippen molar-refractivity contribution in [2.24, 2.45) is 5.92 Å². The van der Waals surface area contributed by atoms with Gasteiger partial charge < -0.3 is 19.3 Å². The highest BCUT2D eigenvalue weighted by Crippen LogP contribution is 2.51. The van der Waals surface area contributed by atoms with E-state index in [0.29, 0.717) is 24.5 Å². The Kier molecular flexibility index (Phi) is 5.83. The Morgan fingerprint density at radius 1 is 1.33 bits per heavy atom. The Morgan fingerprint density at radius 2 is 2.03 bits per heavy atom. The summed E-state index contributed by atoms with van der Waals surface area (Å²) in [5.74, 6) is -2.33. The first kappa shape index (κ1) is 22.2. The van der Waals surface area contributed by atoms with Crippen molar-refractivity contribution >= 4 is 15.9 Å². The molecular weight excluding hydrogens is 460 g/mol. The van der Waals surface area contributed by atoms with E-state index in [2.05, 4.69) is 20.8 Å². The minimum absolute atomic E-state index is 0.0269. The summed E-state index contributed by atoms with van der Waals surface area (Å²) in [6.07, 6.45) is 0.456. The van der Waals surface area contributed by atoms with Crippen molar-refractivity contribution in [2.75, 3.05) is 26.8 Å². The van der Waals surface area contributed by atoms with Crippen LogP contribution in [0.1, 0.15) is 50.8 Å². The minimum atomic E-state index is -2.61. The molecule has 0 amide bonds. The number of nitrogens with zero attached hydrogens (tertiary/aromatic N) is 1. The van der Waals surface area contributed by atoms with Crippen molar-refractivity contribution in [3.8, 4) is 11.5 Å². The lowest BCUT2D eigenvalue weighted by Crippen LogP contribution is -2.53. The van der Waals surface area contributed by atoms with Crippen LogP contribution in [0.15, 0.2) is 10.5 Å². The van der Waals surface area contributed by atoms with Crippen molar-refractivity contribution in [2.45, 2.75) is 69.8 Å². The molecule has 1 saturated carbocycles. The second-order valence-electron chi connectivity index (χ2n) is 9.60. The molecule has 0 spiro atoms. The highest BCUT2D eigenvalue weighted by Gasteiger charge is 2.57. The highest BCUT2D eigenvalue weighted by atomic mass is 79.9. The van der Waals surface area contributed by atoms with Crippen LogP contribution < -0.4 is 9.47 Å². The number of piperidine rings is 1. The lowest BCUT2D eigenvalue weighted by Gasteiger charge is -2.47. The molecule has 1 unspecified atom stereocenters. The van der Waals surface area contributed by atoms with Crippen molar-refractivity contribution in [1.29, 1.82) is 0 Å². The zero-order chi connectivity index (χ0) is 21.8. The molecule has 1 aromatic carbocycles. The predicted octanol–water partition coefficient (Wildman–Crippen LogP) is 4.34. The predicted molar refractivity (Wildman–Crippen MR) is 113 cm³/mol. The van der Waals surface area contributed by atoms with Gasteiger partial charge in [0.1, 0.15) is 0 Å². The Hall–Kier alpha value is -0.960. The Bertz CT molecular complexity index is 813. The molecule has 3 aliphatic rings. The van der Waals surface area contributed by atoms with Crippen LogP contribution >= 0.6 is 15.9 Å². The van der Waals surface area contributed by atoms with E-state index in [-0.39, 0.29) is 30.8 Å². The molecule has 4 rings (SSSR count). The second-order valence-corrected chi connectivity index (χ2v) is 10.4. The Balaban J connectivity index is 1.57. The summed E-state index contributed by atoms with van der Waals surface area (Å²) >= 11 is 3.64. The molecular formula is C22H30BrF2NO4. The van der Waals surface area contributed by atoms with Crippen LogP contribution in [0.2, 0.25) is 0 Å². The fourth-order valence-corrected chi connectivity index (χ4v) is 5.28. The summed E-state index contributed by atoms with van der Waals surface area (Å²) < 4.78 is 44.7. The summed E-state index contributed by atoms with van der Waals surface area (Å²) in [5, 5.41) is 10.8. The molecule has 1 N–H and O–H groups in total. The van der Waals surface area contributed by atoms with Gasteiger partial charge in [-0.15, -0.1) is 0 Å². The molecule has 1 aliphatic carbocycles. The summed E-state index contributed by atoms with van der Waals surface area (Å²) in [4.78, 5) is 2.35. The number of aliphatic hydroxyl groups excluding tert-OH is 1. The molecule has 0 bridgehead atoms. The van der Waals surface area contributed by atoms with Crippen LogP contribution in [0.5, 0.6) is 11.5 Å². The van der Waals surface area contributed by atoms with Gasteiger partial charge in [-0.2, -0.15) is 0 Å². The van der Waals surface area contributed by atoms with Gasteiger partial charge in [-0.25, -0.2) is 8.78 Å². The van der Waals surface area contributed by atoms with Gasteiger partial charge in [-0.1, -0.05) is 0 Å². The molecule has 1 saturated heterocycles. The Morgan fingerprint density at radius 3 is 2.63 bits per heavy atom. The lowest BCUT2D eigenvalue weighted by atomic mass is 9.84. The van der Waals surface area contributed by atoms with Gasteiger partial charge in [-0.3, -0.25) is 4.90 Å². The van der Waals surface area contributed by atoms with Gasteiger partial charge in [0.05, 0.1) is 41.9 Å². The van der Waals surface area contributed by atoms with Gasteiger partial charge in [-0.05, 0) is 66.7 Å². The van der Waals surface area contributed by atoms with E-state index in [4.69, 9.17) is 14.2 Å². The molecule has 30 heavy (non-hydrogen) atoms. The van der Waals surface area contributed by atoms with Gasteiger partial charge in [0.15, 0.2) is 11.5 Å². The van der Waals surface area contributed by atoms with E-state index >= 15 is 0 Å². The van der Waals surface area contributed by atoms with Crippen molar-refractivity contribution in [3.63, 3.8) is 0 Å². The monoisotopic (exact) mass is 489 g/mol. The zero-order valence-corrected chi connectivity index (χ0v) is 19.5. The third-order valence-electron chi connectivity index (χ3n) is 6.19. The molecule has 0 radical (unpaired) electrons. The van der Waals surface area contributed by atoms with Crippen LogP contribution in [-0.4, -0.2) is 60.5 Å². The molecule has 0 aromatic heterocycles. The number of ether oxygens (including phenoxy) is 3. The SMILES string of the molecule is COc1cc2c(c(Br)c1OCC1CC1(F)F)CCN1C[C@@H](OC(C)(C)C)[C@H](O)C[C@H]21. The largest absolute Gasteiger partial charge is 0.493 e. The summed E-state index contributed by atoms with van der Waals surface area (Å²) in [7, 11) is 1.55. The van der Waals surface area contributed by atoms with Gasteiger partial charge >= 0.3 is 0 Å². The summed E-state index contributed by atoms with van der Waals surface area (Å²) in [6.45, 7) is 7.47. The van der Waals surface area contributed by atoms with E-state index in [1.165, 1.54) is 0 Å². The van der Waals surface area contributed by atoms with Crippen LogP contribution in [-0.2, 0) is 11.2 Å². The number of halogens is 3. The number of fused-ring (bicyclic) bond motifs is 3. The summed E-state index contributed by atoms with van der Waals surface area (Å²) in [6, 6.07) is 1.99. The zero-order valence-electron chi connectivity index (χ0n) is 17.9. The average molecular weight is 490 g/mol. The van der Waals surface area contributed by atoms with Crippen LogP contribution in [0, 0.1) is 5.92 Å². The van der Waals surface area contributed by atoms with Crippen molar-refractivity contribution < 1.29 is 28.1 Å². The average Bonchev–Trinajstić information content (AvgIpc) is 3.26. The fraction of sp³-hybridized carbons (Fsp3) is 0.727. The van der Waals surface area contributed by atoms with Crippen molar-refractivity contribution in [1.82, 2.24) is 4.90 Å². The third kappa shape index (κ3) is 4.33. The normalized spacial score (nSPS) is 30.4. The first-order chi connectivity index (χ1) is 14.0. The Labute approximate surface area is 184 Å². The van der Waals surface area contributed by atoms with E-state index < -0.39 is 17.9 Å². The van der Waals surface area contributed by atoms with Crippen LogP contribution in [0.3, 0.4) is 0 Å². The molecule has 1 aromatic rings. The topological polar surface area (TPSA) is 51.2 Å². The molecule has 2 aliphatic heterocycles. The second kappa shape index (κ2) is 7.87. The molecule has 4 atom stereocenters. The fourth-order valence-electron chi connectivity index (χ4n) is 4.54. The molecule has 2 fully saturated rings. The molecule has 8 heteroatoms.